The first-order valence-corrected chi connectivity index (χ1v) is 10.2. The van der Waals surface area contributed by atoms with Gasteiger partial charge < -0.3 is 14.2 Å². The van der Waals surface area contributed by atoms with Crippen LogP contribution in [-0.4, -0.2) is 40.0 Å². The molecule has 1 fully saturated rings. The molecular weight excluding hydrogens is 401 g/mol. The number of halogens is 1. The number of hydrogen-bond acceptors (Lipinski definition) is 6. The zero-order valence-electron chi connectivity index (χ0n) is 16.9. The molecule has 2 aromatic carbocycles. The molecule has 1 amide bonds. The minimum absolute atomic E-state index is 0.0122. The molecule has 0 spiro atoms. The molecular formula is C23H22FN3O4. The van der Waals surface area contributed by atoms with E-state index >= 15 is 0 Å². The molecule has 1 aliphatic heterocycles. The molecule has 4 rings (SSSR count). The van der Waals surface area contributed by atoms with Crippen LogP contribution >= 0.6 is 0 Å². The van der Waals surface area contributed by atoms with E-state index in [1.165, 1.54) is 12.1 Å². The number of ether oxygens (including phenoxy) is 1. The average Bonchev–Trinajstić information content (AvgIpc) is 3.49. The van der Waals surface area contributed by atoms with Crippen molar-refractivity contribution in [3.63, 3.8) is 0 Å². The summed E-state index contributed by atoms with van der Waals surface area (Å²) in [6, 6.07) is 14.7. The van der Waals surface area contributed by atoms with E-state index in [0.29, 0.717) is 30.0 Å². The second-order valence-corrected chi connectivity index (χ2v) is 7.33. The van der Waals surface area contributed by atoms with Gasteiger partial charge in [0.15, 0.2) is 0 Å². The van der Waals surface area contributed by atoms with Crippen LogP contribution in [0.4, 0.5) is 4.39 Å². The Morgan fingerprint density at radius 2 is 1.77 bits per heavy atom. The number of amides is 1. The van der Waals surface area contributed by atoms with Crippen LogP contribution in [0.5, 0.6) is 0 Å². The predicted octanol–water partition coefficient (Wildman–Crippen LogP) is 3.72. The van der Waals surface area contributed by atoms with Gasteiger partial charge in [0.25, 0.3) is 5.91 Å². The molecule has 1 saturated heterocycles. The lowest BCUT2D eigenvalue weighted by molar-refractivity contribution is -0.160. The van der Waals surface area contributed by atoms with Crippen molar-refractivity contribution in [1.82, 2.24) is 15.0 Å². The number of hydrogen-bond donors (Lipinski definition) is 0. The smallest absolute Gasteiger partial charge is 0.307 e. The summed E-state index contributed by atoms with van der Waals surface area (Å²) in [5.41, 5.74) is 1.25. The molecule has 0 unspecified atom stereocenters. The Morgan fingerprint density at radius 1 is 1.06 bits per heavy atom. The van der Waals surface area contributed by atoms with E-state index in [1.807, 2.05) is 18.2 Å². The standard InChI is InChI=1S/C23H22FN3O4/c24-18-10-8-17(9-11-18)22-25-19(31-26-22)12-13-20(28)30-21(16-6-2-1-3-7-16)23(29)27-14-4-5-15-27/h1-3,6-11,21H,4-5,12-15H2/t21-/m0/s1. The van der Waals surface area contributed by atoms with Crippen LogP contribution in [0.25, 0.3) is 11.4 Å². The molecule has 3 aromatic rings. The van der Waals surface area contributed by atoms with Crippen molar-refractivity contribution in [3.8, 4) is 11.4 Å². The lowest BCUT2D eigenvalue weighted by Gasteiger charge is -2.23. The van der Waals surface area contributed by atoms with Gasteiger partial charge in [-0.3, -0.25) is 9.59 Å². The van der Waals surface area contributed by atoms with Crippen LogP contribution in [0.15, 0.2) is 59.1 Å². The number of carbonyl (C=O) groups excluding carboxylic acids is 2. The van der Waals surface area contributed by atoms with Crippen molar-refractivity contribution in [2.75, 3.05) is 13.1 Å². The van der Waals surface area contributed by atoms with Crippen molar-refractivity contribution in [2.45, 2.75) is 31.8 Å². The third-order valence-electron chi connectivity index (χ3n) is 5.11. The fourth-order valence-corrected chi connectivity index (χ4v) is 3.46. The Morgan fingerprint density at radius 3 is 2.48 bits per heavy atom. The maximum absolute atomic E-state index is 13.1. The fraction of sp³-hybridized carbons (Fsp3) is 0.304. The summed E-state index contributed by atoms with van der Waals surface area (Å²) in [4.78, 5) is 31.4. The van der Waals surface area contributed by atoms with E-state index in [9.17, 15) is 14.0 Å². The summed E-state index contributed by atoms with van der Waals surface area (Å²) in [5, 5.41) is 3.86. The third kappa shape index (κ3) is 5.14. The second-order valence-electron chi connectivity index (χ2n) is 7.33. The molecule has 0 N–H and O–H groups in total. The Labute approximate surface area is 178 Å². The number of aromatic nitrogens is 2. The Kier molecular flexibility index (Phi) is 6.35. The highest BCUT2D eigenvalue weighted by Gasteiger charge is 2.31. The molecule has 160 valence electrons. The highest BCUT2D eigenvalue weighted by molar-refractivity contribution is 5.85. The summed E-state index contributed by atoms with van der Waals surface area (Å²) in [5.74, 6) is -0.504. The number of carbonyl (C=O) groups is 2. The van der Waals surface area contributed by atoms with Gasteiger partial charge in [0.05, 0.1) is 6.42 Å². The molecule has 0 aliphatic carbocycles. The maximum atomic E-state index is 13.1. The first kappa shape index (κ1) is 20.7. The number of benzene rings is 2. The van der Waals surface area contributed by atoms with E-state index in [0.717, 1.165) is 12.8 Å². The molecule has 7 nitrogen and oxygen atoms in total. The highest BCUT2D eigenvalue weighted by Crippen LogP contribution is 2.24. The Hall–Kier alpha value is -3.55. The fourth-order valence-electron chi connectivity index (χ4n) is 3.46. The molecule has 0 saturated carbocycles. The quantitative estimate of drug-likeness (QED) is 0.539. The van der Waals surface area contributed by atoms with Crippen molar-refractivity contribution in [3.05, 3.63) is 71.9 Å². The van der Waals surface area contributed by atoms with Crippen molar-refractivity contribution < 1.29 is 23.2 Å². The maximum Gasteiger partial charge on any atom is 0.307 e. The van der Waals surface area contributed by atoms with Gasteiger partial charge in [-0.25, -0.2) is 4.39 Å². The van der Waals surface area contributed by atoms with Crippen LogP contribution in [0.1, 0.15) is 36.8 Å². The summed E-state index contributed by atoms with van der Waals surface area (Å²) in [6.45, 7) is 1.35. The van der Waals surface area contributed by atoms with E-state index in [-0.39, 0.29) is 30.5 Å². The van der Waals surface area contributed by atoms with Crippen LogP contribution in [-0.2, 0) is 20.7 Å². The lowest BCUT2D eigenvalue weighted by Crippen LogP contribution is -2.34. The van der Waals surface area contributed by atoms with Gasteiger partial charge in [0.2, 0.25) is 17.8 Å². The van der Waals surface area contributed by atoms with Gasteiger partial charge in [-0.05, 0) is 37.1 Å². The normalized spacial score (nSPS) is 14.4. The Bertz CT molecular complexity index is 1030. The Balaban J connectivity index is 1.39. The van der Waals surface area contributed by atoms with Crippen molar-refractivity contribution in [1.29, 1.82) is 0 Å². The second kappa shape index (κ2) is 9.51. The highest BCUT2D eigenvalue weighted by atomic mass is 19.1. The molecule has 1 aromatic heterocycles. The summed E-state index contributed by atoms with van der Waals surface area (Å²) >= 11 is 0. The van der Waals surface area contributed by atoms with E-state index < -0.39 is 12.1 Å². The average molecular weight is 423 g/mol. The van der Waals surface area contributed by atoms with Gasteiger partial charge in [-0.2, -0.15) is 4.98 Å². The summed E-state index contributed by atoms with van der Waals surface area (Å²) in [6.07, 6.45) is 1.10. The van der Waals surface area contributed by atoms with E-state index in [4.69, 9.17) is 9.26 Å². The molecule has 1 atom stereocenters. The topological polar surface area (TPSA) is 85.5 Å². The van der Waals surface area contributed by atoms with Crippen LogP contribution in [0, 0.1) is 5.82 Å². The van der Waals surface area contributed by atoms with Crippen molar-refractivity contribution >= 4 is 11.9 Å². The number of rotatable bonds is 7. The third-order valence-corrected chi connectivity index (χ3v) is 5.11. The van der Waals surface area contributed by atoms with Crippen LogP contribution < -0.4 is 0 Å². The SMILES string of the molecule is O=C(CCc1nc(-c2ccc(F)cc2)no1)O[C@H](C(=O)N1CCCC1)c1ccccc1. The molecule has 1 aliphatic rings. The summed E-state index contributed by atoms with van der Waals surface area (Å²) in [7, 11) is 0. The molecule has 31 heavy (non-hydrogen) atoms. The molecule has 0 bridgehead atoms. The number of likely N-dealkylation sites (tertiary alicyclic amines) is 1. The molecule has 2 heterocycles. The lowest BCUT2D eigenvalue weighted by atomic mass is 10.1. The van der Waals surface area contributed by atoms with Gasteiger partial charge in [0, 0.05) is 30.6 Å². The minimum atomic E-state index is -0.968. The number of aryl methyl sites for hydroxylation is 1. The van der Waals surface area contributed by atoms with Gasteiger partial charge in [-0.1, -0.05) is 35.5 Å². The van der Waals surface area contributed by atoms with Gasteiger partial charge in [-0.15, -0.1) is 0 Å². The zero-order chi connectivity index (χ0) is 21.6. The minimum Gasteiger partial charge on any atom is -0.447 e. The number of esters is 1. The number of nitrogens with zero attached hydrogens (tertiary/aromatic N) is 3. The van der Waals surface area contributed by atoms with Crippen LogP contribution in [0.2, 0.25) is 0 Å². The summed E-state index contributed by atoms with van der Waals surface area (Å²) < 4.78 is 23.8. The zero-order valence-corrected chi connectivity index (χ0v) is 16.9. The molecule has 0 radical (unpaired) electrons. The van der Waals surface area contributed by atoms with Gasteiger partial charge in [0.1, 0.15) is 5.82 Å². The molecule has 8 heteroatoms. The predicted molar refractivity (Wildman–Crippen MR) is 109 cm³/mol. The van der Waals surface area contributed by atoms with E-state index in [1.54, 1.807) is 29.2 Å². The van der Waals surface area contributed by atoms with E-state index in [2.05, 4.69) is 10.1 Å². The first-order chi connectivity index (χ1) is 15.1. The van der Waals surface area contributed by atoms with Crippen molar-refractivity contribution in [2.24, 2.45) is 0 Å². The van der Waals surface area contributed by atoms with Gasteiger partial charge >= 0.3 is 5.97 Å². The van der Waals surface area contributed by atoms with Crippen LogP contribution in [0.3, 0.4) is 0 Å². The largest absolute Gasteiger partial charge is 0.447 e. The first-order valence-electron chi connectivity index (χ1n) is 10.2. The monoisotopic (exact) mass is 423 g/mol.